The Balaban J connectivity index is 1.46. The highest BCUT2D eigenvalue weighted by molar-refractivity contribution is 5.93. The molecule has 1 unspecified atom stereocenters. The summed E-state index contributed by atoms with van der Waals surface area (Å²) < 4.78 is 11.2. The van der Waals surface area contributed by atoms with E-state index in [9.17, 15) is 4.79 Å². The number of aromatic nitrogens is 4. The van der Waals surface area contributed by atoms with Crippen LogP contribution in [0.5, 0.6) is 11.8 Å². The van der Waals surface area contributed by atoms with E-state index >= 15 is 0 Å². The van der Waals surface area contributed by atoms with E-state index in [0.29, 0.717) is 36.2 Å². The molecule has 4 rings (SSSR count). The van der Waals surface area contributed by atoms with Gasteiger partial charge < -0.3 is 14.4 Å². The molecule has 3 aromatic rings. The highest BCUT2D eigenvalue weighted by Crippen LogP contribution is 2.28. The second-order valence-corrected chi connectivity index (χ2v) is 6.53. The number of para-hydroxylation sites is 1. The van der Waals surface area contributed by atoms with Crippen molar-refractivity contribution < 1.29 is 14.3 Å². The van der Waals surface area contributed by atoms with Crippen LogP contribution in [0.2, 0.25) is 0 Å². The van der Waals surface area contributed by atoms with E-state index in [2.05, 4.69) is 20.2 Å². The highest BCUT2D eigenvalue weighted by Gasteiger charge is 2.27. The van der Waals surface area contributed by atoms with Gasteiger partial charge in [0.2, 0.25) is 0 Å². The van der Waals surface area contributed by atoms with Crippen molar-refractivity contribution in [1.29, 1.82) is 0 Å². The number of likely N-dealkylation sites (tertiary alicyclic amines) is 1. The molecule has 0 saturated carbocycles. The standard InChI is InChI=1S/C20H21N5O3/c1-27-18-8-3-2-7-15(18)16-12-17(24-23-16)19(26)25-11-4-6-14(13-25)28-20-21-9-5-10-22-20/h2-3,5,7-10,12,14H,4,6,11,13H2,1H3,(H,23,24). The van der Waals surface area contributed by atoms with Gasteiger partial charge in [-0.25, -0.2) is 9.97 Å². The minimum atomic E-state index is -0.128. The van der Waals surface area contributed by atoms with Crippen molar-refractivity contribution in [3.63, 3.8) is 0 Å². The lowest BCUT2D eigenvalue weighted by Gasteiger charge is -2.31. The number of carbonyl (C=O) groups is 1. The number of ether oxygens (including phenoxy) is 2. The Hall–Kier alpha value is -3.42. The molecule has 144 valence electrons. The Morgan fingerprint density at radius 1 is 1.21 bits per heavy atom. The molecule has 1 fully saturated rings. The van der Waals surface area contributed by atoms with Gasteiger partial charge in [-0.15, -0.1) is 0 Å². The Morgan fingerprint density at radius 2 is 2.04 bits per heavy atom. The highest BCUT2D eigenvalue weighted by atomic mass is 16.5. The summed E-state index contributed by atoms with van der Waals surface area (Å²) in [4.78, 5) is 22.9. The fraction of sp³-hybridized carbons (Fsp3) is 0.300. The van der Waals surface area contributed by atoms with Crippen LogP contribution in [0.1, 0.15) is 23.3 Å². The Morgan fingerprint density at radius 3 is 2.86 bits per heavy atom. The maximum Gasteiger partial charge on any atom is 0.316 e. The average molecular weight is 379 g/mol. The first-order valence-electron chi connectivity index (χ1n) is 9.16. The van der Waals surface area contributed by atoms with Crippen LogP contribution < -0.4 is 9.47 Å². The first-order valence-corrected chi connectivity index (χ1v) is 9.16. The summed E-state index contributed by atoms with van der Waals surface area (Å²) >= 11 is 0. The fourth-order valence-corrected chi connectivity index (χ4v) is 3.31. The quantitative estimate of drug-likeness (QED) is 0.732. The van der Waals surface area contributed by atoms with Gasteiger partial charge >= 0.3 is 6.01 Å². The van der Waals surface area contributed by atoms with Gasteiger partial charge in [-0.2, -0.15) is 5.10 Å². The smallest absolute Gasteiger partial charge is 0.316 e. The van der Waals surface area contributed by atoms with Crippen LogP contribution in [0.25, 0.3) is 11.3 Å². The van der Waals surface area contributed by atoms with Gasteiger partial charge in [0.05, 0.1) is 19.3 Å². The SMILES string of the molecule is COc1ccccc1-c1cc(C(=O)N2CCCC(Oc3ncccn3)C2)[nH]n1. The molecule has 8 heteroatoms. The summed E-state index contributed by atoms with van der Waals surface area (Å²) in [5.74, 6) is 0.609. The molecule has 1 atom stereocenters. The minimum absolute atomic E-state index is 0.101. The summed E-state index contributed by atoms with van der Waals surface area (Å²) in [6.45, 7) is 1.16. The van der Waals surface area contributed by atoms with E-state index in [1.807, 2.05) is 24.3 Å². The van der Waals surface area contributed by atoms with E-state index in [0.717, 1.165) is 18.4 Å². The van der Waals surface area contributed by atoms with Crippen LogP contribution in [0, 0.1) is 0 Å². The van der Waals surface area contributed by atoms with Crippen molar-refractivity contribution in [2.75, 3.05) is 20.2 Å². The number of rotatable bonds is 5. The van der Waals surface area contributed by atoms with Gasteiger partial charge in [-0.1, -0.05) is 12.1 Å². The number of H-pyrrole nitrogens is 1. The van der Waals surface area contributed by atoms with E-state index in [1.54, 1.807) is 36.5 Å². The molecule has 1 aromatic carbocycles. The summed E-state index contributed by atoms with van der Waals surface area (Å²) in [6, 6.07) is 11.4. The number of amides is 1. The molecule has 1 aliphatic heterocycles. The molecule has 0 radical (unpaired) electrons. The first kappa shape index (κ1) is 18.0. The normalized spacial score (nSPS) is 16.6. The average Bonchev–Trinajstić information content (AvgIpc) is 3.24. The number of benzene rings is 1. The Bertz CT molecular complexity index is 944. The van der Waals surface area contributed by atoms with Gasteiger partial charge in [0.1, 0.15) is 17.5 Å². The molecule has 3 heterocycles. The third kappa shape index (κ3) is 3.80. The zero-order chi connectivity index (χ0) is 19.3. The lowest BCUT2D eigenvalue weighted by molar-refractivity contribution is 0.0510. The maximum atomic E-state index is 12.9. The minimum Gasteiger partial charge on any atom is -0.496 e. The first-order chi connectivity index (χ1) is 13.7. The summed E-state index contributed by atoms with van der Waals surface area (Å²) in [7, 11) is 1.61. The molecule has 8 nitrogen and oxygen atoms in total. The topological polar surface area (TPSA) is 93.2 Å². The number of nitrogens with zero attached hydrogens (tertiary/aromatic N) is 4. The Labute approximate surface area is 162 Å². The van der Waals surface area contributed by atoms with Crippen LogP contribution in [-0.4, -0.2) is 57.3 Å². The van der Waals surface area contributed by atoms with Crippen LogP contribution in [0.3, 0.4) is 0 Å². The largest absolute Gasteiger partial charge is 0.496 e. The number of hydrogen-bond acceptors (Lipinski definition) is 6. The zero-order valence-corrected chi connectivity index (χ0v) is 15.5. The summed E-state index contributed by atoms with van der Waals surface area (Å²) in [6.07, 6.45) is 4.86. The van der Waals surface area contributed by atoms with Crippen molar-refractivity contribution in [1.82, 2.24) is 25.1 Å². The van der Waals surface area contributed by atoms with Gasteiger partial charge in [0.15, 0.2) is 0 Å². The van der Waals surface area contributed by atoms with Crippen LogP contribution in [-0.2, 0) is 0 Å². The molecule has 2 aromatic heterocycles. The molecule has 28 heavy (non-hydrogen) atoms. The van der Waals surface area contributed by atoms with Crippen molar-refractivity contribution >= 4 is 5.91 Å². The third-order valence-corrected chi connectivity index (χ3v) is 4.67. The van der Waals surface area contributed by atoms with Crippen LogP contribution >= 0.6 is 0 Å². The number of carbonyl (C=O) groups excluding carboxylic acids is 1. The number of methoxy groups -OCH3 is 1. The van der Waals surface area contributed by atoms with Gasteiger partial charge in [0, 0.05) is 24.5 Å². The molecule has 0 aliphatic carbocycles. The number of nitrogens with one attached hydrogen (secondary N) is 1. The van der Waals surface area contributed by atoms with Crippen LogP contribution in [0.15, 0.2) is 48.8 Å². The van der Waals surface area contributed by atoms with Gasteiger partial charge in [0.25, 0.3) is 5.91 Å². The number of piperidine rings is 1. The predicted octanol–water partition coefficient (Wildman–Crippen LogP) is 2.56. The molecular formula is C20H21N5O3. The Kier molecular flexibility index (Phi) is 5.18. The summed E-state index contributed by atoms with van der Waals surface area (Å²) in [5, 5.41) is 7.15. The van der Waals surface area contributed by atoms with E-state index < -0.39 is 0 Å². The monoisotopic (exact) mass is 379 g/mol. The predicted molar refractivity (Wildman–Crippen MR) is 102 cm³/mol. The number of aromatic amines is 1. The third-order valence-electron chi connectivity index (χ3n) is 4.67. The maximum absolute atomic E-state index is 12.9. The van der Waals surface area contributed by atoms with Gasteiger partial charge in [-0.05, 0) is 37.1 Å². The molecule has 1 N–H and O–H groups in total. The molecule has 0 spiro atoms. The molecule has 1 saturated heterocycles. The molecule has 1 aliphatic rings. The van der Waals surface area contributed by atoms with Crippen molar-refractivity contribution in [3.8, 4) is 23.0 Å². The lowest BCUT2D eigenvalue weighted by Crippen LogP contribution is -2.44. The second kappa shape index (κ2) is 8.08. The molecular weight excluding hydrogens is 358 g/mol. The molecule has 0 bridgehead atoms. The van der Waals surface area contributed by atoms with Crippen molar-refractivity contribution in [3.05, 3.63) is 54.5 Å². The van der Waals surface area contributed by atoms with Crippen LogP contribution in [0.4, 0.5) is 0 Å². The van der Waals surface area contributed by atoms with Crippen molar-refractivity contribution in [2.24, 2.45) is 0 Å². The number of hydrogen-bond donors (Lipinski definition) is 1. The zero-order valence-electron chi connectivity index (χ0n) is 15.5. The molecule has 1 amide bonds. The van der Waals surface area contributed by atoms with E-state index in [-0.39, 0.29) is 12.0 Å². The summed E-state index contributed by atoms with van der Waals surface area (Å²) in [5.41, 5.74) is 1.95. The van der Waals surface area contributed by atoms with Gasteiger partial charge in [-0.3, -0.25) is 9.89 Å². The second-order valence-electron chi connectivity index (χ2n) is 6.53. The van der Waals surface area contributed by atoms with E-state index in [1.165, 1.54) is 0 Å². The lowest BCUT2D eigenvalue weighted by atomic mass is 10.1. The van der Waals surface area contributed by atoms with E-state index in [4.69, 9.17) is 9.47 Å². The van der Waals surface area contributed by atoms with Crippen molar-refractivity contribution in [2.45, 2.75) is 18.9 Å². The fourth-order valence-electron chi connectivity index (χ4n) is 3.31.